The van der Waals surface area contributed by atoms with Gasteiger partial charge < -0.3 is 15.7 Å². The Balaban J connectivity index is 2.67. The zero-order valence-electron chi connectivity index (χ0n) is 11.8. The first-order valence-electron chi connectivity index (χ1n) is 6.84. The van der Waals surface area contributed by atoms with Gasteiger partial charge in [-0.05, 0) is 24.3 Å². The Labute approximate surface area is 119 Å². The molecule has 0 fully saturated rings. The number of carbonyl (C=O) groups is 1. The van der Waals surface area contributed by atoms with E-state index in [1.54, 1.807) is 18.3 Å². The Morgan fingerprint density at radius 3 is 2.58 bits per heavy atom. The summed E-state index contributed by atoms with van der Waals surface area (Å²) < 4.78 is 0. The van der Waals surface area contributed by atoms with Crippen LogP contribution in [-0.2, 0) is 0 Å². The van der Waals surface area contributed by atoms with E-state index in [1.807, 2.05) is 11.4 Å². The van der Waals surface area contributed by atoms with Gasteiger partial charge in [-0.2, -0.15) is 0 Å². The molecule has 3 N–H and O–H groups in total. The minimum Gasteiger partial charge on any atom is -0.392 e. The number of carbonyl (C=O) groups excluding carboxylic acids is 1. The van der Waals surface area contributed by atoms with Crippen LogP contribution < -0.4 is 10.6 Å². The van der Waals surface area contributed by atoms with Crippen molar-refractivity contribution in [2.24, 2.45) is 5.92 Å². The van der Waals surface area contributed by atoms with Crippen molar-refractivity contribution < 1.29 is 9.90 Å². The van der Waals surface area contributed by atoms with Gasteiger partial charge >= 0.3 is 6.03 Å². The SMILES string of the molecule is CCC(CC)[C@H](NC(=O)NC[C@@H](C)O)c1cccs1. The van der Waals surface area contributed by atoms with E-state index in [9.17, 15) is 9.90 Å². The molecular formula is C14H24N2O2S. The largest absolute Gasteiger partial charge is 0.392 e. The summed E-state index contributed by atoms with van der Waals surface area (Å²) in [7, 11) is 0. The summed E-state index contributed by atoms with van der Waals surface area (Å²) in [5.74, 6) is 0.427. The first kappa shape index (κ1) is 16.0. The number of nitrogens with one attached hydrogen (secondary N) is 2. The molecule has 1 rings (SSSR count). The van der Waals surface area contributed by atoms with Crippen LogP contribution in [0.3, 0.4) is 0 Å². The minimum absolute atomic E-state index is 0.0454. The van der Waals surface area contributed by atoms with Crippen molar-refractivity contribution in [3.63, 3.8) is 0 Å². The number of aliphatic hydroxyl groups is 1. The maximum atomic E-state index is 11.9. The summed E-state index contributed by atoms with van der Waals surface area (Å²) >= 11 is 1.66. The predicted molar refractivity (Wildman–Crippen MR) is 79.3 cm³/mol. The van der Waals surface area contributed by atoms with Crippen molar-refractivity contribution in [1.29, 1.82) is 0 Å². The highest BCUT2D eigenvalue weighted by molar-refractivity contribution is 7.10. The van der Waals surface area contributed by atoms with Crippen molar-refractivity contribution >= 4 is 17.4 Å². The summed E-state index contributed by atoms with van der Waals surface area (Å²) in [5, 5.41) is 16.9. The molecule has 1 heterocycles. The number of urea groups is 1. The second-order valence-electron chi connectivity index (χ2n) is 4.77. The van der Waals surface area contributed by atoms with Gasteiger partial charge in [-0.15, -0.1) is 11.3 Å². The zero-order chi connectivity index (χ0) is 14.3. The molecule has 1 aromatic heterocycles. The number of thiophene rings is 1. The molecule has 0 spiro atoms. The van der Waals surface area contributed by atoms with E-state index in [4.69, 9.17) is 0 Å². The van der Waals surface area contributed by atoms with Crippen molar-refractivity contribution in [2.75, 3.05) is 6.54 Å². The van der Waals surface area contributed by atoms with Crippen LogP contribution in [0.15, 0.2) is 17.5 Å². The molecule has 0 aliphatic heterocycles. The molecule has 0 unspecified atom stereocenters. The third-order valence-corrected chi connectivity index (χ3v) is 4.17. The van der Waals surface area contributed by atoms with E-state index in [0.717, 1.165) is 12.8 Å². The molecule has 0 bridgehead atoms. The van der Waals surface area contributed by atoms with Gasteiger partial charge in [-0.25, -0.2) is 4.79 Å². The molecule has 0 saturated heterocycles. The molecule has 108 valence electrons. The number of hydrogen-bond donors (Lipinski definition) is 3. The highest BCUT2D eigenvalue weighted by Gasteiger charge is 2.23. The maximum Gasteiger partial charge on any atom is 0.315 e. The highest BCUT2D eigenvalue weighted by atomic mass is 32.1. The van der Waals surface area contributed by atoms with Crippen LogP contribution in [-0.4, -0.2) is 23.8 Å². The smallest absolute Gasteiger partial charge is 0.315 e. The Morgan fingerprint density at radius 2 is 2.11 bits per heavy atom. The quantitative estimate of drug-likeness (QED) is 0.721. The molecule has 0 aliphatic carbocycles. The van der Waals surface area contributed by atoms with Crippen LogP contribution in [0.5, 0.6) is 0 Å². The van der Waals surface area contributed by atoms with Crippen LogP contribution in [0.25, 0.3) is 0 Å². The van der Waals surface area contributed by atoms with E-state index in [-0.39, 0.29) is 18.6 Å². The Morgan fingerprint density at radius 1 is 1.42 bits per heavy atom. The van der Waals surface area contributed by atoms with Crippen molar-refractivity contribution in [3.8, 4) is 0 Å². The molecule has 1 aromatic rings. The Kier molecular flexibility index (Phi) is 6.87. The van der Waals surface area contributed by atoms with Crippen LogP contribution >= 0.6 is 11.3 Å². The average molecular weight is 284 g/mol. The van der Waals surface area contributed by atoms with Crippen molar-refractivity contribution in [1.82, 2.24) is 10.6 Å². The number of aliphatic hydroxyl groups excluding tert-OH is 1. The molecular weight excluding hydrogens is 260 g/mol. The highest BCUT2D eigenvalue weighted by Crippen LogP contribution is 2.30. The summed E-state index contributed by atoms with van der Waals surface area (Å²) in [4.78, 5) is 13.0. The summed E-state index contributed by atoms with van der Waals surface area (Å²) in [6, 6.07) is 3.89. The lowest BCUT2D eigenvalue weighted by Gasteiger charge is -2.25. The van der Waals surface area contributed by atoms with E-state index in [2.05, 4.69) is 30.5 Å². The zero-order valence-corrected chi connectivity index (χ0v) is 12.7. The second-order valence-corrected chi connectivity index (χ2v) is 5.75. The predicted octanol–water partition coefficient (Wildman–Crippen LogP) is 2.91. The summed E-state index contributed by atoms with van der Waals surface area (Å²) in [6.45, 7) is 6.21. The monoisotopic (exact) mass is 284 g/mol. The van der Waals surface area contributed by atoms with E-state index in [1.165, 1.54) is 4.88 Å². The fraction of sp³-hybridized carbons (Fsp3) is 0.643. The molecule has 0 radical (unpaired) electrons. The topological polar surface area (TPSA) is 61.4 Å². The van der Waals surface area contributed by atoms with Crippen LogP contribution in [0.4, 0.5) is 4.79 Å². The molecule has 0 aliphatic rings. The Bertz CT molecular complexity index is 362. The standard InChI is InChI=1S/C14H24N2O2S/c1-4-11(5-2)13(12-7-6-8-19-12)16-14(18)15-9-10(3)17/h6-8,10-11,13,17H,4-5,9H2,1-3H3,(H2,15,16,18)/t10-,13+/m1/s1. The van der Waals surface area contributed by atoms with Crippen LogP contribution in [0, 0.1) is 5.92 Å². The third kappa shape index (κ3) is 5.20. The molecule has 2 atom stereocenters. The van der Waals surface area contributed by atoms with Gasteiger partial charge in [-0.3, -0.25) is 0 Å². The van der Waals surface area contributed by atoms with Crippen LogP contribution in [0.2, 0.25) is 0 Å². The fourth-order valence-electron chi connectivity index (χ4n) is 2.08. The lowest BCUT2D eigenvalue weighted by atomic mass is 9.93. The van der Waals surface area contributed by atoms with Gasteiger partial charge in [0.15, 0.2) is 0 Å². The van der Waals surface area contributed by atoms with Crippen LogP contribution in [0.1, 0.15) is 44.5 Å². The van der Waals surface area contributed by atoms with E-state index >= 15 is 0 Å². The van der Waals surface area contributed by atoms with E-state index < -0.39 is 6.10 Å². The minimum atomic E-state index is -0.529. The van der Waals surface area contributed by atoms with Gasteiger partial charge in [0.05, 0.1) is 12.1 Å². The second kappa shape index (κ2) is 8.17. The Hall–Kier alpha value is -1.07. The summed E-state index contributed by atoms with van der Waals surface area (Å²) in [5.41, 5.74) is 0. The number of hydrogen-bond acceptors (Lipinski definition) is 3. The normalized spacial score (nSPS) is 14.2. The molecule has 5 heteroatoms. The lowest BCUT2D eigenvalue weighted by molar-refractivity contribution is 0.185. The molecule has 19 heavy (non-hydrogen) atoms. The van der Waals surface area contributed by atoms with Gasteiger partial charge in [0.2, 0.25) is 0 Å². The fourth-order valence-corrected chi connectivity index (χ4v) is 2.95. The molecule has 2 amide bonds. The first-order chi connectivity index (χ1) is 9.08. The lowest BCUT2D eigenvalue weighted by Crippen LogP contribution is -2.42. The first-order valence-corrected chi connectivity index (χ1v) is 7.72. The number of amides is 2. The van der Waals surface area contributed by atoms with Crippen molar-refractivity contribution in [3.05, 3.63) is 22.4 Å². The van der Waals surface area contributed by atoms with Crippen molar-refractivity contribution in [2.45, 2.75) is 45.8 Å². The van der Waals surface area contributed by atoms with Gasteiger partial charge in [0, 0.05) is 11.4 Å². The maximum absolute atomic E-state index is 11.9. The number of rotatable bonds is 7. The van der Waals surface area contributed by atoms with Gasteiger partial charge in [0.1, 0.15) is 0 Å². The van der Waals surface area contributed by atoms with E-state index in [0.29, 0.717) is 5.92 Å². The van der Waals surface area contributed by atoms with Gasteiger partial charge in [-0.1, -0.05) is 32.8 Å². The summed E-state index contributed by atoms with van der Waals surface area (Å²) in [6.07, 6.45) is 1.52. The molecule has 0 saturated carbocycles. The molecule has 0 aromatic carbocycles. The third-order valence-electron chi connectivity index (χ3n) is 3.21. The average Bonchev–Trinajstić information content (AvgIpc) is 2.90. The van der Waals surface area contributed by atoms with Gasteiger partial charge in [0.25, 0.3) is 0 Å². The molecule has 4 nitrogen and oxygen atoms in total.